The molecule has 0 bridgehead atoms. The second kappa shape index (κ2) is 5.53. The van der Waals surface area contributed by atoms with E-state index in [0.29, 0.717) is 12.1 Å². The minimum absolute atomic E-state index is 0.510. The summed E-state index contributed by atoms with van der Waals surface area (Å²) in [5, 5.41) is 8.68. The van der Waals surface area contributed by atoms with Crippen molar-refractivity contribution >= 4 is 29.5 Å². The minimum Gasteiger partial charge on any atom is -0.478 e. The van der Waals surface area contributed by atoms with E-state index in [0.717, 1.165) is 6.07 Å². The molecular weight excluding hydrogens is 318 g/mol. The van der Waals surface area contributed by atoms with Gasteiger partial charge in [-0.05, 0) is 41.7 Å². The lowest BCUT2D eigenvalue weighted by Gasteiger charge is -2.11. The standard InChI is InChI=1S/C9H4F6O2S2/c10-8(11,12)18-4-1-2-5(7(16)17)6(3-4)19-9(13,14)15/h1-3H,(H,16,17). The topological polar surface area (TPSA) is 37.3 Å². The van der Waals surface area contributed by atoms with E-state index in [1.54, 1.807) is 0 Å². The van der Waals surface area contributed by atoms with Crippen molar-refractivity contribution in [2.75, 3.05) is 0 Å². The average molecular weight is 322 g/mol. The van der Waals surface area contributed by atoms with Gasteiger partial charge < -0.3 is 5.11 Å². The van der Waals surface area contributed by atoms with Crippen LogP contribution in [0.15, 0.2) is 28.0 Å². The Morgan fingerprint density at radius 1 is 1.00 bits per heavy atom. The lowest BCUT2D eigenvalue weighted by molar-refractivity contribution is -0.0334. The van der Waals surface area contributed by atoms with Crippen LogP contribution in [-0.2, 0) is 0 Å². The van der Waals surface area contributed by atoms with E-state index in [1.807, 2.05) is 0 Å². The molecule has 0 aliphatic carbocycles. The van der Waals surface area contributed by atoms with Crippen molar-refractivity contribution in [2.24, 2.45) is 0 Å². The summed E-state index contributed by atoms with van der Waals surface area (Å²) in [5.74, 6) is -1.64. The van der Waals surface area contributed by atoms with E-state index < -0.39 is 55.9 Å². The maximum atomic E-state index is 12.2. The Morgan fingerprint density at radius 2 is 1.53 bits per heavy atom. The summed E-state index contributed by atoms with van der Waals surface area (Å²) in [7, 11) is 0. The quantitative estimate of drug-likeness (QED) is 0.651. The van der Waals surface area contributed by atoms with Crippen molar-refractivity contribution in [1.82, 2.24) is 0 Å². The molecule has 0 atom stereocenters. The number of aromatic carboxylic acids is 1. The number of carbonyl (C=O) groups is 1. The van der Waals surface area contributed by atoms with Crippen molar-refractivity contribution in [3.8, 4) is 0 Å². The van der Waals surface area contributed by atoms with Gasteiger partial charge in [0.25, 0.3) is 0 Å². The molecule has 0 heterocycles. The number of halogens is 6. The molecule has 0 unspecified atom stereocenters. The van der Waals surface area contributed by atoms with Crippen molar-refractivity contribution in [2.45, 2.75) is 20.8 Å². The summed E-state index contributed by atoms with van der Waals surface area (Å²) in [6.45, 7) is 0. The van der Waals surface area contributed by atoms with Gasteiger partial charge in [0.2, 0.25) is 0 Å². The van der Waals surface area contributed by atoms with E-state index in [4.69, 9.17) is 5.11 Å². The molecule has 0 saturated carbocycles. The summed E-state index contributed by atoms with van der Waals surface area (Å²) >= 11 is -1.38. The number of hydrogen-bond donors (Lipinski definition) is 1. The Balaban J connectivity index is 3.15. The molecule has 0 aliphatic heterocycles. The molecule has 0 saturated heterocycles. The van der Waals surface area contributed by atoms with Gasteiger partial charge in [-0.2, -0.15) is 26.3 Å². The molecule has 1 aromatic carbocycles. The predicted octanol–water partition coefficient (Wildman–Crippen LogP) is 4.61. The zero-order chi connectivity index (χ0) is 14.8. The van der Waals surface area contributed by atoms with Gasteiger partial charge in [0, 0.05) is 9.79 Å². The average Bonchev–Trinajstić information content (AvgIpc) is 2.11. The fourth-order valence-corrected chi connectivity index (χ4v) is 2.44. The highest BCUT2D eigenvalue weighted by Gasteiger charge is 2.33. The highest BCUT2D eigenvalue weighted by molar-refractivity contribution is 8.01. The fraction of sp³-hybridized carbons (Fsp3) is 0.222. The Kier molecular flexibility index (Phi) is 4.67. The summed E-state index contributed by atoms with van der Waals surface area (Å²) in [4.78, 5) is 9.40. The normalized spacial score (nSPS) is 12.5. The summed E-state index contributed by atoms with van der Waals surface area (Å²) in [5.41, 5.74) is -10.1. The maximum absolute atomic E-state index is 12.2. The molecule has 1 N–H and O–H groups in total. The van der Waals surface area contributed by atoms with Gasteiger partial charge in [-0.25, -0.2) is 4.79 Å². The predicted molar refractivity (Wildman–Crippen MR) is 57.2 cm³/mol. The molecule has 0 aromatic heterocycles. The molecule has 0 radical (unpaired) electrons. The zero-order valence-corrected chi connectivity index (χ0v) is 10.3. The third-order valence-electron chi connectivity index (χ3n) is 1.64. The van der Waals surface area contributed by atoms with E-state index in [1.165, 1.54) is 0 Å². The van der Waals surface area contributed by atoms with Crippen LogP contribution in [0.5, 0.6) is 0 Å². The van der Waals surface area contributed by atoms with Crippen LogP contribution < -0.4 is 0 Å². The molecule has 1 rings (SSSR count). The summed E-state index contributed by atoms with van der Waals surface area (Å²) in [6.07, 6.45) is 0. The number of hydrogen-bond acceptors (Lipinski definition) is 3. The molecule has 2 nitrogen and oxygen atoms in total. The van der Waals surface area contributed by atoms with Gasteiger partial charge in [0.05, 0.1) is 5.56 Å². The van der Waals surface area contributed by atoms with Crippen LogP contribution in [0.3, 0.4) is 0 Å². The van der Waals surface area contributed by atoms with Crippen molar-refractivity contribution in [3.63, 3.8) is 0 Å². The Hall–Kier alpha value is -1.03. The van der Waals surface area contributed by atoms with Crippen LogP contribution in [-0.4, -0.2) is 22.1 Å². The van der Waals surface area contributed by atoms with Gasteiger partial charge in [0.1, 0.15) is 0 Å². The Bertz CT molecular complexity index is 483. The molecule has 0 amide bonds. The number of alkyl halides is 6. The van der Waals surface area contributed by atoms with E-state index in [-0.39, 0.29) is 0 Å². The SMILES string of the molecule is O=C(O)c1ccc(SC(F)(F)F)cc1SC(F)(F)F. The van der Waals surface area contributed by atoms with Crippen LogP contribution >= 0.6 is 23.5 Å². The Morgan fingerprint density at radius 3 is 1.95 bits per heavy atom. The highest BCUT2D eigenvalue weighted by Crippen LogP contribution is 2.42. The van der Waals surface area contributed by atoms with Crippen molar-refractivity contribution in [3.05, 3.63) is 23.8 Å². The van der Waals surface area contributed by atoms with Gasteiger partial charge in [-0.3, -0.25) is 0 Å². The van der Waals surface area contributed by atoms with Gasteiger partial charge in [-0.1, -0.05) is 0 Å². The van der Waals surface area contributed by atoms with Crippen LogP contribution in [0.1, 0.15) is 10.4 Å². The van der Waals surface area contributed by atoms with Crippen LogP contribution in [0.2, 0.25) is 0 Å². The first kappa shape index (κ1) is 16.0. The monoisotopic (exact) mass is 322 g/mol. The number of carboxylic acid groups (broad SMARTS) is 1. The zero-order valence-electron chi connectivity index (χ0n) is 8.67. The third kappa shape index (κ3) is 5.64. The van der Waals surface area contributed by atoms with E-state index in [9.17, 15) is 31.1 Å². The van der Waals surface area contributed by atoms with Crippen molar-refractivity contribution < 1.29 is 36.2 Å². The molecule has 1 aromatic rings. The van der Waals surface area contributed by atoms with Crippen LogP contribution in [0, 0.1) is 0 Å². The fourth-order valence-electron chi connectivity index (χ4n) is 1.09. The number of thioether (sulfide) groups is 2. The maximum Gasteiger partial charge on any atom is 0.446 e. The number of carboxylic acids is 1. The second-order valence-corrected chi connectivity index (χ2v) is 5.30. The van der Waals surface area contributed by atoms with Crippen LogP contribution in [0.25, 0.3) is 0 Å². The molecule has 10 heteroatoms. The molecule has 19 heavy (non-hydrogen) atoms. The van der Waals surface area contributed by atoms with E-state index >= 15 is 0 Å². The minimum atomic E-state index is -4.79. The first-order chi connectivity index (χ1) is 8.48. The van der Waals surface area contributed by atoms with Crippen molar-refractivity contribution in [1.29, 1.82) is 0 Å². The smallest absolute Gasteiger partial charge is 0.446 e. The number of rotatable bonds is 3. The molecule has 106 valence electrons. The summed E-state index contributed by atoms with van der Waals surface area (Å²) < 4.78 is 72.8. The Labute approximate surface area is 111 Å². The van der Waals surface area contributed by atoms with Crippen LogP contribution in [0.4, 0.5) is 26.3 Å². The van der Waals surface area contributed by atoms with Gasteiger partial charge in [0.15, 0.2) is 0 Å². The third-order valence-corrected chi connectivity index (χ3v) is 3.15. The first-order valence-corrected chi connectivity index (χ1v) is 6.00. The number of benzene rings is 1. The largest absolute Gasteiger partial charge is 0.478 e. The summed E-state index contributed by atoms with van der Waals surface area (Å²) in [6, 6.07) is 2.08. The second-order valence-electron chi connectivity index (χ2n) is 3.06. The lowest BCUT2D eigenvalue weighted by Crippen LogP contribution is -2.05. The van der Waals surface area contributed by atoms with Gasteiger partial charge in [-0.15, -0.1) is 0 Å². The molecule has 0 fully saturated rings. The molecule has 0 aliphatic rings. The highest BCUT2D eigenvalue weighted by atomic mass is 32.2. The lowest BCUT2D eigenvalue weighted by atomic mass is 10.2. The first-order valence-electron chi connectivity index (χ1n) is 4.37. The molecular formula is C9H4F6O2S2. The van der Waals surface area contributed by atoms with E-state index in [2.05, 4.69) is 0 Å². The van der Waals surface area contributed by atoms with Gasteiger partial charge >= 0.3 is 17.0 Å². The molecule has 0 spiro atoms.